The third kappa shape index (κ3) is 6.31. The summed E-state index contributed by atoms with van der Waals surface area (Å²) in [6, 6.07) is 8.64. The molecule has 2 heterocycles. The Morgan fingerprint density at radius 3 is 2.05 bits per heavy atom. The molecule has 14 heteroatoms. The second-order valence-corrected chi connectivity index (χ2v) is 15.2. The van der Waals surface area contributed by atoms with Crippen molar-refractivity contribution in [3.63, 3.8) is 0 Å². The number of benzene rings is 2. The molecule has 44 heavy (non-hydrogen) atoms. The van der Waals surface area contributed by atoms with E-state index < -0.39 is 22.8 Å². The van der Waals surface area contributed by atoms with Gasteiger partial charge >= 0.3 is 0 Å². The van der Waals surface area contributed by atoms with Gasteiger partial charge in [-0.05, 0) is 73.6 Å². The number of aromatic nitrogens is 3. The average Bonchev–Trinajstić information content (AvgIpc) is 3.91. The number of rotatable bonds is 13. The number of quaternary nitrogens is 1. The summed E-state index contributed by atoms with van der Waals surface area (Å²) in [7, 11) is 2.47. The Kier molecular flexibility index (Phi) is 8.90. The average molecular weight is 683 g/mol. The van der Waals surface area contributed by atoms with E-state index in [1.54, 1.807) is 23.2 Å². The van der Waals surface area contributed by atoms with E-state index in [0.717, 1.165) is 25.7 Å². The van der Waals surface area contributed by atoms with Gasteiger partial charge in [0.1, 0.15) is 29.2 Å². The smallest absolute Gasteiger partial charge is 0.231 e. The molecule has 2 saturated carbocycles. The van der Waals surface area contributed by atoms with Gasteiger partial charge in [-0.2, -0.15) is 10.1 Å². The zero-order chi connectivity index (χ0) is 31.3. The Labute approximate surface area is 272 Å². The molecule has 1 aromatic heterocycles. The van der Waals surface area contributed by atoms with Crippen molar-refractivity contribution in [3.05, 3.63) is 75.5 Å². The van der Waals surface area contributed by atoms with Crippen LogP contribution in [0.15, 0.2) is 58.0 Å². The monoisotopic (exact) mass is 681 g/mol. The van der Waals surface area contributed by atoms with Gasteiger partial charge in [-0.3, -0.25) is 0 Å². The lowest BCUT2D eigenvalue weighted by molar-refractivity contribution is -0.706. The van der Waals surface area contributed by atoms with Crippen LogP contribution in [0.2, 0.25) is 10.0 Å². The summed E-state index contributed by atoms with van der Waals surface area (Å²) >= 11 is 12.1. The highest BCUT2D eigenvalue weighted by Gasteiger charge is 2.53. The van der Waals surface area contributed by atoms with Crippen LogP contribution in [0.3, 0.4) is 0 Å². The maximum atomic E-state index is 15.3. The minimum Gasteiger partial charge on any atom is -0.383 e. The van der Waals surface area contributed by atoms with Crippen LogP contribution < -0.4 is 0 Å². The molecule has 3 aliphatic rings. The van der Waals surface area contributed by atoms with E-state index in [1.807, 2.05) is 13.8 Å². The normalized spacial score (nSPS) is 23.8. The molecule has 1 aliphatic heterocycles. The minimum absolute atomic E-state index is 0.00629. The van der Waals surface area contributed by atoms with E-state index in [4.69, 9.17) is 23.2 Å². The van der Waals surface area contributed by atoms with Crippen molar-refractivity contribution in [3.8, 4) is 0 Å². The van der Waals surface area contributed by atoms with E-state index in [9.17, 15) is 10.2 Å². The van der Waals surface area contributed by atoms with Crippen molar-refractivity contribution < 1.29 is 23.0 Å². The van der Waals surface area contributed by atoms with E-state index in [-0.39, 0.29) is 61.9 Å². The fraction of sp³-hybridized carbons (Fsp3) is 0.467. The zero-order valence-corrected chi connectivity index (χ0v) is 27.3. The molecular formula is C30H33Cl2F2N6O2S2+. The first kappa shape index (κ1) is 31.9. The number of nitrogens with zero attached hydrogens (tertiary/aromatic N) is 6. The second-order valence-electron chi connectivity index (χ2n) is 12.1. The summed E-state index contributed by atoms with van der Waals surface area (Å²) < 4.78 is 31.9. The minimum atomic E-state index is -1.59. The first-order valence-corrected chi connectivity index (χ1v) is 17.4. The summed E-state index contributed by atoms with van der Waals surface area (Å²) in [5, 5.41) is 34.2. The largest absolute Gasteiger partial charge is 0.383 e. The maximum Gasteiger partial charge on any atom is 0.231 e. The standard InChI is InChI=1S/C30H33Cl2F2N6O2S2/c1-18(20-3-4-20)29(41,24-9-7-22(31)11-26(24)33)13-39-28(36-16-37-39)43-44-40(17-35-15-38-40)14-30(42,19(2)21-5-6-21)25-10-8-23(32)12-27(25)34/h7-12,15-21,41-42H,3-6,13-14H2,1-2H3/q+1. The summed E-state index contributed by atoms with van der Waals surface area (Å²) in [5.74, 6) is -1.18. The molecule has 8 nitrogen and oxygen atoms in total. The first-order chi connectivity index (χ1) is 20.9. The lowest BCUT2D eigenvalue weighted by Crippen LogP contribution is -2.50. The van der Waals surface area contributed by atoms with Crippen LogP contribution in [-0.2, 0) is 17.7 Å². The van der Waals surface area contributed by atoms with Crippen LogP contribution in [0.4, 0.5) is 8.78 Å². The second kappa shape index (κ2) is 12.3. The van der Waals surface area contributed by atoms with Crippen molar-refractivity contribution in [2.75, 3.05) is 6.54 Å². The highest BCUT2D eigenvalue weighted by Crippen LogP contribution is 2.51. The third-order valence-electron chi connectivity index (χ3n) is 9.20. The van der Waals surface area contributed by atoms with Crippen molar-refractivity contribution in [1.29, 1.82) is 0 Å². The molecule has 6 rings (SSSR count). The highest BCUT2D eigenvalue weighted by molar-refractivity contribution is 8.74. The molecule has 2 aliphatic carbocycles. The fourth-order valence-electron chi connectivity index (χ4n) is 6.13. The summed E-state index contributed by atoms with van der Waals surface area (Å²) in [5.41, 5.74) is -2.84. The van der Waals surface area contributed by atoms with Crippen molar-refractivity contribution >= 4 is 57.7 Å². The van der Waals surface area contributed by atoms with Gasteiger partial charge in [-0.1, -0.05) is 58.3 Å². The van der Waals surface area contributed by atoms with Gasteiger partial charge < -0.3 is 10.2 Å². The van der Waals surface area contributed by atoms with E-state index >= 15 is 8.78 Å². The molecule has 0 bridgehead atoms. The summed E-state index contributed by atoms with van der Waals surface area (Å²) in [6.45, 7) is 3.82. The molecule has 5 unspecified atom stereocenters. The zero-order valence-electron chi connectivity index (χ0n) is 24.2. The van der Waals surface area contributed by atoms with Crippen LogP contribution in [0, 0.1) is 35.3 Å². The van der Waals surface area contributed by atoms with E-state index in [1.165, 1.54) is 58.7 Å². The van der Waals surface area contributed by atoms with Gasteiger partial charge in [-0.25, -0.2) is 18.4 Å². The lowest BCUT2D eigenvalue weighted by atomic mass is 9.79. The first-order valence-electron chi connectivity index (χ1n) is 14.5. The van der Waals surface area contributed by atoms with Crippen molar-refractivity contribution in [1.82, 2.24) is 14.8 Å². The Morgan fingerprint density at radius 1 is 0.955 bits per heavy atom. The van der Waals surface area contributed by atoms with Crippen LogP contribution in [0.5, 0.6) is 0 Å². The van der Waals surface area contributed by atoms with Gasteiger partial charge in [-0.15, -0.1) is 0 Å². The van der Waals surface area contributed by atoms with Crippen LogP contribution in [0.25, 0.3) is 0 Å². The molecule has 0 radical (unpaired) electrons. The molecule has 5 atom stereocenters. The predicted octanol–water partition coefficient (Wildman–Crippen LogP) is 7.19. The molecule has 2 aromatic carbocycles. The lowest BCUT2D eigenvalue weighted by Gasteiger charge is -2.38. The number of hydrogen-bond donors (Lipinski definition) is 2. The van der Waals surface area contributed by atoms with E-state index in [0.29, 0.717) is 5.16 Å². The highest BCUT2D eigenvalue weighted by atomic mass is 35.5. The van der Waals surface area contributed by atoms with Gasteiger partial charge in [0.25, 0.3) is 0 Å². The number of halogens is 4. The fourth-order valence-corrected chi connectivity index (χ4v) is 8.72. The molecule has 2 N–H and O–H groups in total. The van der Waals surface area contributed by atoms with E-state index in [2.05, 4.69) is 20.2 Å². The van der Waals surface area contributed by atoms with Gasteiger partial charge in [0.05, 0.1) is 6.54 Å². The molecule has 2 fully saturated rings. The molecular weight excluding hydrogens is 649 g/mol. The number of aliphatic hydroxyl groups is 2. The summed E-state index contributed by atoms with van der Waals surface area (Å²) in [6.07, 6.45) is 8.20. The predicted molar refractivity (Wildman–Crippen MR) is 170 cm³/mol. The summed E-state index contributed by atoms with van der Waals surface area (Å²) in [4.78, 5) is 8.64. The number of aliphatic imine (C=N–C) groups is 1. The molecule has 0 saturated heterocycles. The van der Waals surface area contributed by atoms with Gasteiger partial charge in [0.2, 0.25) is 11.5 Å². The topological polar surface area (TPSA) is 95.9 Å². The maximum absolute atomic E-state index is 15.3. The molecule has 0 amide bonds. The van der Waals surface area contributed by atoms with Gasteiger partial charge in [0, 0.05) is 32.0 Å². The third-order valence-corrected chi connectivity index (χ3v) is 12.2. The quantitative estimate of drug-likeness (QED) is 0.113. The van der Waals surface area contributed by atoms with Crippen LogP contribution in [-0.4, -0.2) is 48.2 Å². The molecule has 234 valence electrons. The van der Waals surface area contributed by atoms with Crippen LogP contribution >= 0.6 is 45.0 Å². The Morgan fingerprint density at radius 2 is 1.52 bits per heavy atom. The molecule has 3 aromatic rings. The molecule has 0 spiro atoms. The SMILES string of the molecule is CC(C1CC1)C(O)(Cn1ncnc1SS[N+]1(CC(O)(c2ccc(Cl)cc2F)C(C)C2CC2)C=NC=N1)c1ccc(Cl)cc1F. The Balaban J connectivity index is 1.27. The van der Waals surface area contributed by atoms with Crippen molar-refractivity contribution in [2.24, 2.45) is 33.8 Å². The van der Waals surface area contributed by atoms with Gasteiger partial charge in [0.15, 0.2) is 23.9 Å². The number of hydrogen-bond acceptors (Lipinski definition) is 8. The van der Waals surface area contributed by atoms with Crippen LogP contribution in [0.1, 0.15) is 50.7 Å². The van der Waals surface area contributed by atoms with Crippen molar-refractivity contribution in [2.45, 2.75) is 62.4 Å². The Hall–Kier alpha value is -2.06. The Bertz CT molecular complexity index is 1590.